The van der Waals surface area contributed by atoms with E-state index < -0.39 is 5.91 Å². The Hall–Kier alpha value is -3.07. The summed E-state index contributed by atoms with van der Waals surface area (Å²) in [7, 11) is 0. The normalized spacial score (nSPS) is 11.0. The highest BCUT2D eigenvalue weighted by molar-refractivity contribution is 6.00. The Bertz CT molecular complexity index is 732. The fraction of sp³-hybridized carbons (Fsp3) is 0.188. The number of aromatic nitrogens is 1. The molecule has 2 N–H and O–H groups in total. The van der Waals surface area contributed by atoms with Gasteiger partial charge in [0, 0.05) is 0 Å². The minimum atomic E-state index is -0.749. The molecule has 0 fully saturated rings. The number of rotatable bonds is 5. The predicted octanol–water partition coefficient (Wildman–Crippen LogP) is 2.26. The molecule has 0 aliphatic rings. The molecule has 1 amide bonds. The Kier molecular flexibility index (Phi) is 4.59. The van der Waals surface area contributed by atoms with Crippen LogP contribution >= 0.6 is 0 Å². The second-order valence-corrected chi connectivity index (χ2v) is 4.69. The van der Waals surface area contributed by atoms with E-state index in [9.17, 15) is 4.79 Å². The van der Waals surface area contributed by atoms with Crippen molar-refractivity contribution >= 4 is 12.0 Å². The Labute approximate surface area is 127 Å². The number of amides is 1. The number of aryl methyl sites for hydroxylation is 2. The van der Waals surface area contributed by atoms with E-state index in [2.05, 4.69) is 5.16 Å². The van der Waals surface area contributed by atoms with Crippen LogP contribution in [0, 0.1) is 25.2 Å². The summed E-state index contributed by atoms with van der Waals surface area (Å²) in [5, 5.41) is 12.7. The predicted molar refractivity (Wildman–Crippen MR) is 79.5 cm³/mol. The summed E-state index contributed by atoms with van der Waals surface area (Å²) < 4.78 is 10.7. The van der Waals surface area contributed by atoms with E-state index in [1.54, 1.807) is 30.3 Å². The van der Waals surface area contributed by atoms with Gasteiger partial charge in [-0.1, -0.05) is 17.3 Å². The van der Waals surface area contributed by atoms with Crippen molar-refractivity contribution < 1.29 is 14.1 Å². The van der Waals surface area contributed by atoms with Crippen LogP contribution in [0.3, 0.4) is 0 Å². The van der Waals surface area contributed by atoms with E-state index in [1.807, 2.05) is 13.8 Å². The number of hydrogen-bond acceptors (Lipinski definition) is 5. The number of primary amides is 1. The number of nitrogens with zero attached hydrogens (tertiary/aromatic N) is 2. The number of carbonyl (C=O) groups is 1. The van der Waals surface area contributed by atoms with Gasteiger partial charge in [0.05, 0.1) is 11.3 Å². The second-order valence-electron chi connectivity index (χ2n) is 4.69. The van der Waals surface area contributed by atoms with Crippen LogP contribution in [-0.4, -0.2) is 11.1 Å². The van der Waals surface area contributed by atoms with Crippen molar-refractivity contribution in [3.8, 4) is 11.8 Å². The third-order valence-electron chi connectivity index (χ3n) is 3.14. The van der Waals surface area contributed by atoms with Gasteiger partial charge < -0.3 is 15.0 Å². The molecule has 2 rings (SSSR count). The highest BCUT2D eigenvalue weighted by Gasteiger charge is 2.09. The third kappa shape index (κ3) is 3.52. The van der Waals surface area contributed by atoms with Crippen molar-refractivity contribution in [1.29, 1.82) is 5.26 Å². The smallest absolute Gasteiger partial charge is 0.259 e. The van der Waals surface area contributed by atoms with E-state index in [0.717, 1.165) is 17.0 Å². The molecule has 6 heteroatoms. The minimum Gasteiger partial charge on any atom is -0.489 e. The molecule has 2 aromatic rings. The van der Waals surface area contributed by atoms with Crippen LogP contribution in [0.2, 0.25) is 0 Å². The van der Waals surface area contributed by atoms with Crippen LogP contribution in [0.15, 0.2) is 34.4 Å². The maximum absolute atomic E-state index is 11.0. The lowest BCUT2D eigenvalue weighted by Gasteiger charge is -2.06. The van der Waals surface area contributed by atoms with Gasteiger partial charge in [0.1, 0.15) is 29.8 Å². The Morgan fingerprint density at radius 1 is 1.41 bits per heavy atom. The van der Waals surface area contributed by atoms with Crippen LogP contribution in [0.1, 0.15) is 22.6 Å². The molecule has 0 unspecified atom stereocenters. The Morgan fingerprint density at radius 2 is 2.09 bits per heavy atom. The molecule has 0 atom stereocenters. The van der Waals surface area contributed by atoms with Gasteiger partial charge in [0.2, 0.25) is 0 Å². The third-order valence-corrected chi connectivity index (χ3v) is 3.14. The fourth-order valence-corrected chi connectivity index (χ4v) is 1.85. The number of nitriles is 1. The first-order valence-corrected chi connectivity index (χ1v) is 6.57. The van der Waals surface area contributed by atoms with Crippen LogP contribution in [-0.2, 0) is 11.4 Å². The summed E-state index contributed by atoms with van der Waals surface area (Å²) in [5.74, 6) is 0.646. The van der Waals surface area contributed by atoms with E-state index >= 15 is 0 Å². The fourth-order valence-electron chi connectivity index (χ4n) is 1.85. The zero-order valence-electron chi connectivity index (χ0n) is 12.3. The topological polar surface area (TPSA) is 102 Å². The van der Waals surface area contributed by atoms with Crippen molar-refractivity contribution in [2.24, 2.45) is 5.73 Å². The maximum atomic E-state index is 11.0. The molecule has 6 nitrogen and oxygen atoms in total. The number of carbonyl (C=O) groups excluding carboxylic acids is 1. The monoisotopic (exact) mass is 297 g/mol. The van der Waals surface area contributed by atoms with Gasteiger partial charge in [-0.05, 0) is 37.6 Å². The number of hydrogen-bond donors (Lipinski definition) is 1. The molecule has 0 saturated heterocycles. The lowest BCUT2D eigenvalue weighted by atomic mass is 10.1. The average Bonchev–Trinajstić information content (AvgIpc) is 2.82. The van der Waals surface area contributed by atoms with Crippen molar-refractivity contribution in [3.63, 3.8) is 0 Å². The standard InChI is InChI=1S/C16H15N3O3/c1-10-15(11(2)22-19-10)9-21-14-5-3-12(4-6-14)7-13(8-17)16(18)20/h3-7H,9H2,1-2H3,(H2,18,20)/b13-7+. The first-order valence-electron chi connectivity index (χ1n) is 6.57. The molecule has 0 spiro atoms. The summed E-state index contributed by atoms with van der Waals surface area (Å²) >= 11 is 0. The maximum Gasteiger partial charge on any atom is 0.259 e. The van der Waals surface area contributed by atoms with Gasteiger partial charge in [-0.3, -0.25) is 4.79 Å². The summed E-state index contributed by atoms with van der Waals surface area (Å²) in [6.45, 7) is 4.05. The largest absolute Gasteiger partial charge is 0.489 e. The van der Waals surface area contributed by atoms with Crippen molar-refractivity contribution in [2.45, 2.75) is 20.5 Å². The molecule has 0 saturated carbocycles. The molecule has 1 aromatic carbocycles. The Balaban J connectivity index is 2.07. The van der Waals surface area contributed by atoms with Crippen LogP contribution in [0.5, 0.6) is 5.75 Å². The minimum absolute atomic E-state index is 0.0932. The zero-order valence-corrected chi connectivity index (χ0v) is 12.3. The SMILES string of the molecule is Cc1noc(C)c1COc1ccc(/C=C(\C#N)C(N)=O)cc1. The molecule has 1 aromatic heterocycles. The quantitative estimate of drug-likeness (QED) is 0.673. The van der Waals surface area contributed by atoms with E-state index in [1.165, 1.54) is 6.08 Å². The highest BCUT2D eigenvalue weighted by atomic mass is 16.5. The van der Waals surface area contributed by atoms with E-state index in [4.69, 9.17) is 20.3 Å². The number of nitrogens with two attached hydrogens (primary N) is 1. The summed E-state index contributed by atoms with van der Waals surface area (Å²) in [4.78, 5) is 11.0. The molecule has 112 valence electrons. The molecule has 0 bridgehead atoms. The van der Waals surface area contributed by atoms with Gasteiger partial charge in [0.15, 0.2) is 0 Å². The Morgan fingerprint density at radius 3 is 2.59 bits per heavy atom. The molecule has 0 aliphatic carbocycles. The van der Waals surface area contributed by atoms with E-state index in [-0.39, 0.29) is 5.57 Å². The van der Waals surface area contributed by atoms with Gasteiger partial charge in [0.25, 0.3) is 5.91 Å². The highest BCUT2D eigenvalue weighted by Crippen LogP contribution is 2.18. The van der Waals surface area contributed by atoms with Gasteiger partial charge in [-0.25, -0.2) is 0 Å². The zero-order chi connectivity index (χ0) is 16.1. The van der Waals surface area contributed by atoms with Gasteiger partial charge >= 0.3 is 0 Å². The average molecular weight is 297 g/mol. The molecule has 22 heavy (non-hydrogen) atoms. The van der Waals surface area contributed by atoms with Crippen LogP contribution < -0.4 is 10.5 Å². The lowest BCUT2D eigenvalue weighted by molar-refractivity contribution is -0.114. The molecular formula is C16H15N3O3. The summed E-state index contributed by atoms with van der Waals surface area (Å²) in [6.07, 6.45) is 1.43. The molecule has 0 aliphatic heterocycles. The summed E-state index contributed by atoms with van der Waals surface area (Å²) in [6, 6.07) is 8.74. The van der Waals surface area contributed by atoms with Crippen molar-refractivity contribution in [3.05, 3.63) is 52.4 Å². The molecule has 0 radical (unpaired) electrons. The van der Waals surface area contributed by atoms with Crippen molar-refractivity contribution in [2.75, 3.05) is 0 Å². The number of benzene rings is 1. The first kappa shape index (κ1) is 15.3. The van der Waals surface area contributed by atoms with E-state index in [0.29, 0.717) is 17.9 Å². The molecule has 1 heterocycles. The van der Waals surface area contributed by atoms with Crippen molar-refractivity contribution in [1.82, 2.24) is 5.16 Å². The van der Waals surface area contributed by atoms with Crippen LogP contribution in [0.4, 0.5) is 0 Å². The van der Waals surface area contributed by atoms with Crippen LogP contribution in [0.25, 0.3) is 6.08 Å². The van der Waals surface area contributed by atoms with Gasteiger partial charge in [-0.2, -0.15) is 5.26 Å². The van der Waals surface area contributed by atoms with Gasteiger partial charge in [-0.15, -0.1) is 0 Å². The first-order chi connectivity index (χ1) is 10.5. The second kappa shape index (κ2) is 6.59. The lowest BCUT2D eigenvalue weighted by Crippen LogP contribution is -2.12. The molecular weight excluding hydrogens is 282 g/mol. The summed E-state index contributed by atoms with van der Waals surface area (Å²) in [5.41, 5.74) is 7.41. The number of ether oxygens (including phenoxy) is 1.